The van der Waals surface area contributed by atoms with Gasteiger partial charge in [0.25, 0.3) is 5.69 Å². The van der Waals surface area contributed by atoms with Crippen molar-refractivity contribution in [2.24, 2.45) is 0 Å². The number of rotatable bonds is 4. The second-order valence-electron chi connectivity index (χ2n) is 3.00. The van der Waals surface area contributed by atoms with Gasteiger partial charge in [-0.05, 0) is 6.07 Å². The molecule has 8 nitrogen and oxygen atoms in total. The Kier molecular flexibility index (Phi) is 3.31. The van der Waals surface area contributed by atoms with Crippen LogP contribution in [0.2, 0.25) is 0 Å². The number of hydrogen-bond donors (Lipinski definition) is 0. The molecule has 0 heterocycles. The summed E-state index contributed by atoms with van der Waals surface area (Å²) in [4.78, 5) is 29.0. The number of benzene rings is 1. The molecule has 0 radical (unpaired) electrons. The van der Waals surface area contributed by atoms with E-state index in [-0.39, 0.29) is 0 Å². The predicted molar refractivity (Wildman–Crippen MR) is 48.4 cm³/mol. The quantitative estimate of drug-likeness (QED) is 0.538. The molecular formula is C8H4FN2O6-. The van der Waals surface area contributed by atoms with Crippen LogP contribution in [0.5, 0.6) is 0 Å². The molecule has 1 rings (SSSR count). The molecule has 0 saturated heterocycles. The summed E-state index contributed by atoms with van der Waals surface area (Å²) in [5.41, 5.74) is -2.40. The Bertz CT molecular complexity index is 515. The molecule has 17 heavy (non-hydrogen) atoms. The number of aliphatic carboxylic acids is 1. The molecule has 0 saturated carbocycles. The molecule has 0 fully saturated rings. The molecular weight excluding hydrogens is 239 g/mol. The van der Waals surface area contributed by atoms with Crippen molar-refractivity contribution in [3.05, 3.63) is 43.7 Å². The lowest BCUT2D eigenvalue weighted by atomic mass is 10.1. The van der Waals surface area contributed by atoms with Crippen molar-refractivity contribution in [3.63, 3.8) is 0 Å². The highest BCUT2D eigenvalue weighted by Gasteiger charge is 2.24. The average molecular weight is 243 g/mol. The monoisotopic (exact) mass is 243 g/mol. The Labute approximate surface area is 92.6 Å². The molecule has 1 aromatic carbocycles. The van der Waals surface area contributed by atoms with Crippen molar-refractivity contribution in [1.82, 2.24) is 0 Å². The summed E-state index contributed by atoms with van der Waals surface area (Å²) < 4.78 is 13.1. The van der Waals surface area contributed by atoms with E-state index >= 15 is 0 Å². The summed E-state index contributed by atoms with van der Waals surface area (Å²) in [6, 6.07) is 0.833. The summed E-state index contributed by atoms with van der Waals surface area (Å²) in [6.45, 7) is 0. The molecule has 0 bridgehead atoms. The molecule has 9 heteroatoms. The van der Waals surface area contributed by atoms with E-state index in [4.69, 9.17) is 0 Å². The molecule has 0 aliphatic rings. The van der Waals surface area contributed by atoms with Gasteiger partial charge in [-0.15, -0.1) is 0 Å². The van der Waals surface area contributed by atoms with Crippen LogP contribution in [-0.4, -0.2) is 15.8 Å². The van der Waals surface area contributed by atoms with Crippen LogP contribution in [-0.2, 0) is 11.2 Å². The highest BCUT2D eigenvalue weighted by Crippen LogP contribution is 2.27. The number of carboxylic acids is 1. The SMILES string of the molecule is O=C([O-])Cc1cc(F)c([N+](=O)[O-])cc1[N+](=O)[O-]. The standard InChI is InChI=1S/C8H5FN2O6/c9-5-1-4(2-8(12)13)6(10(14)15)3-7(5)11(16)17/h1,3H,2H2,(H,12,13)/p-1. The lowest BCUT2D eigenvalue weighted by molar-refractivity contribution is -0.396. The summed E-state index contributed by atoms with van der Waals surface area (Å²) in [5, 5.41) is 31.2. The number of nitro benzene ring substituents is 2. The van der Waals surface area contributed by atoms with Gasteiger partial charge in [-0.3, -0.25) is 20.2 Å². The third-order valence-electron chi connectivity index (χ3n) is 1.88. The maximum atomic E-state index is 13.1. The zero-order valence-corrected chi connectivity index (χ0v) is 8.08. The van der Waals surface area contributed by atoms with Crippen molar-refractivity contribution in [3.8, 4) is 0 Å². The molecule has 0 amide bonds. The van der Waals surface area contributed by atoms with Gasteiger partial charge in [0.05, 0.1) is 15.9 Å². The maximum Gasteiger partial charge on any atom is 0.311 e. The van der Waals surface area contributed by atoms with Crippen LogP contribution in [0.3, 0.4) is 0 Å². The number of nitro groups is 2. The van der Waals surface area contributed by atoms with E-state index in [1.165, 1.54) is 0 Å². The summed E-state index contributed by atoms with van der Waals surface area (Å²) in [6.07, 6.45) is -0.898. The average Bonchev–Trinajstić information content (AvgIpc) is 2.15. The number of hydrogen-bond acceptors (Lipinski definition) is 6. The van der Waals surface area contributed by atoms with E-state index in [1.807, 2.05) is 0 Å². The smallest absolute Gasteiger partial charge is 0.311 e. The third-order valence-corrected chi connectivity index (χ3v) is 1.88. The summed E-state index contributed by atoms with van der Waals surface area (Å²) >= 11 is 0. The van der Waals surface area contributed by atoms with Gasteiger partial charge in [-0.1, -0.05) is 0 Å². The number of carboxylic acid groups (broad SMARTS) is 1. The van der Waals surface area contributed by atoms with Gasteiger partial charge in [-0.2, -0.15) is 4.39 Å². The first-order chi connectivity index (χ1) is 7.82. The van der Waals surface area contributed by atoms with Crippen molar-refractivity contribution >= 4 is 17.3 Å². The second-order valence-corrected chi connectivity index (χ2v) is 3.00. The molecule has 0 aromatic heterocycles. The van der Waals surface area contributed by atoms with Crippen molar-refractivity contribution in [1.29, 1.82) is 0 Å². The summed E-state index contributed by atoms with van der Waals surface area (Å²) in [7, 11) is 0. The highest BCUT2D eigenvalue weighted by molar-refractivity contribution is 5.70. The fourth-order valence-corrected chi connectivity index (χ4v) is 1.20. The lowest BCUT2D eigenvalue weighted by Crippen LogP contribution is -2.24. The van der Waals surface area contributed by atoms with Gasteiger partial charge in [0.1, 0.15) is 0 Å². The van der Waals surface area contributed by atoms with Crippen molar-refractivity contribution in [2.75, 3.05) is 0 Å². The molecule has 0 spiro atoms. The number of carbonyl (C=O) groups excluding carboxylic acids is 1. The minimum absolute atomic E-state index is 0.383. The normalized spacial score (nSPS) is 9.94. The molecule has 0 unspecified atom stereocenters. The van der Waals surface area contributed by atoms with Crippen LogP contribution in [0.25, 0.3) is 0 Å². The van der Waals surface area contributed by atoms with E-state index in [1.54, 1.807) is 0 Å². The van der Waals surface area contributed by atoms with Crippen LogP contribution >= 0.6 is 0 Å². The third kappa shape index (κ3) is 2.71. The lowest BCUT2D eigenvalue weighted by Gasteiger charge is -2.04. The Morgan fingerprint density at radius 2 is 1.71 bits per heavy atom. The van der Waals surface area contributed by atoms with Crippen LogP contribution in [0.15, 0.2) is 12.1 Å². The van der Waals surface area contributed by atoms with E-state index in [9.17, 15) is 34.5 Å². The van der Waals surface area contributed by atoms with Crippen LogP contribution in [0, 0.1) is 26.0 Å². The van der Waals surface area contributed by atoms with E-state index in [0.29, 0.717) is 12.1 Å². The first-order valence-electron chi connectivity index (χ1n) is 4.14. The molecule has 0 N–H and O–H groups in total. The van der Waals surface area contributed by atoms with Crippen molar-refractivity contribution < 1.29 is 24.1 Å². The number of halogens is 1. The van der Waals surface area contributed by atoms with Gasteiger partial charge in [0.15, 0.2) is 0 Å². The Hall–Kier alpha value is -2.58. The molecule has 0 atom stereocenters. The topological polar surface area (TPSA) is 126 Å². The Morgan fingerprint density at radius 1 is 1.18 bits per heavy atom. The van der Waals surface area contributed by atoms with E-state index in [2.05, 4.69) is 0 Å². The second kappa shape index (κ2) is 4.51. The number of carbonyl (C=O) groups is 1. The summed E-state index contributed by atoms with van der Waals surface area (Å²) in [5.74, 6) is -2.99. The zero-order chi connectivity index (χ0) is 13.2. The minimum Gasteiger partial charge on any atom is -0.550 e. The van der Waals surface area contributed by atoms with Gasteiger partial charge in [0.2, 0.25) is 5.82 Å². The molecule has 90 valence electrons. The Balaban J connectivity index is 3.40. The largest absolute Gasteiger partial charge is 0.550 e. The van der Waals surface area contributed by atoms with Crippen LogP contribution in [0.4, 0.5) is 15.8 Å². The number of nitrogens with zero attached hydrogens (tertiary/aromatic N) is 2. The first-order valence-corrected chi connectivity index (χ1v) is 4.14. The fraction of sp³-hybridized carbons (Fsp3) is 0.125. The fourth-order valence-electron chi connectivity index (χ4n) is 1.20. The molecule has 0 aliphatic carbocycles. The van der Waals surface area contributed by atoms with Gasteiger partial charge in [-0.25, -0.2) is 0 Å². The Morgan fingerprint density at radius 3 is 2.12 bits per heavy atom. The molecule has 1 aromatic rings. The van der Waals surface area contributed by atoms with Gasteiger partial charge in [0, 0.05) is 18.0 Å². The van der Waals surface area contributed by atoms with Crippen LogP contribution < -0.4 is 5.11 Å². The van der Waals surface area contributed by atoms with E-state index in [0.717, 1.165) is 0 Å². The van der Waals surface area contributed by atoms with Crippen molar-refractivity contribution in [2.45, 2.75) is 6.42 Å². The molecule has 0 aliphatic heterocycles. The van der Waals surface area contributed by atoms with Gasteiger partial charge >= 0.3 is 5.69 Å². The van der Waals surface area contributed by atoms with Gasteiger partial charge < -0.3 is 9.90 Å². The predicted octanol–water partition coefficient (Wildman–Crippen LogP) is -0.0655. The van der Waals surface area contributed by atoms with Crippen LogP contribution in [0.1, 0.15) is 5.56 Å². The minimum atomic E-state index is -1.65. The highest BCUT2D eigenvalue weighted by atomic mass is 19.1. The zero-order valence-electron chi connectivity index (χ0n) is 8.08. The van der Waals surface area contributed by atoms with E-state index < -0.39 is 45.0 Å². The first kappa shape index (κ1) is 12.5. The maximum absolute atomic E-state index is 13.1.